The molecule has 0 aliphatic heterocycles. The van der Waals surface area contributed by atoms with Crippen molar-refractivity contribution in [3.05, 3.63) is 0 Å². The summed E-state index contributed by atoms with van der Waals surface area (Å²) in [7, 11) is 0. The van der Waals surface area contributed by atoms with Crippen LogP contribution in [0.2, 0.25) is 0 Å². The SMILES string of the molecule is CC(=O)OC(=O)CC(C(C)=O)C(=O)O. The monoisotopic (exact) mass is 202 g/mol. The highest BCUT2D eigenvalue weighted by Gasteiger charge is 2.26. The molecule has 0 saturated carbocycles. The van der Waals surface area contributed by atoms with Gasteiger partial charge in [-0.25, -0.2) is 0 Å². The minimum Gasteiger partial charge on any atom is -0.481 e. The number of carboxylic acids is 1. The molecular formula is C8H10O6. The fourth-order valence-corrected chi connectivity index (χ4v) is 0.774. The zero-order valence-corrected chi connectivity index (χ0v) is 7.77. The molecule has 0 saturated heterocycles. The number of Topliss-reactive ketones (excluding diaryl/α,β-unsaturated/α-hetero) is 1. The van der Waals surface area contributed by atoms with Crippen molar-refractivity contribution in [3.8, 4) is 0 Å². The molecule has 0 fully saturated rings. The number of rotatable bonds is 4. The van der Waals surface area contributed by atoms with Crippen molar-refractivity contribution in [1.29, 1.82) is 0 Å². The topological polar surface area (TPSA) is 97.7 Å². The summed E-state index contributed by atoms with van der Waals surface area (Å²) in [5, 5.41) is 8.51. The lowest BCUT2D eigenvalue weighted by molar-refractivity contribution is -0.162. The summed E-state index contributed by atoms with van der Waals surface area (Å²) >= 11 is 0. The number of aliphatic carboxylic acids is 1. The number of hydrogen-bond donors (Lipinski definition) is 1. The Bertz CT molecular complexity index is 266. The van der Waals surface area contributed by atoms with Gasteiger partial charge in [-0.3, -0.25) is 19.2 Å². The molecule has 0 rings (SSSR count). The van der Waals surface area contributed by atoms with Gasteiger partial charge in [0.15, 0.2) is 0 Å². The highest BCUT2D eigenvalue weighted by atomic mass is 16.6. The molecule has 0 aliphatic carbocycles. The van der Waals surface area contributed by atoms with Gasteiger partial charge in [-0.05, 0) is 6.92 Å². The second-order valence-electron chi connectivity index (χ2n) is 2.67. The summed E-state index contributed by atoms with van der Waals surface area (Å²) in [5.74, 6) is -5.35. The fourth-order valence-electron chi connectivity index (χ4n) is 0.774. The predicted molar refractivity (Wildman–Crippen MR) is 43.2 cm³/mol. The predicted octanol–water partition coefficient (Wildman–Crippen LogP) is -0.244. The molecule has 0 spiro atoms. The van der Waals surface area contributed by atoms with Gasteiger partial charge in [0.05, 0.1) is 6.42 Å². The average molecular weight is 202 g/mol. The lowest BCUT2D eigenvalue weighted by atomic mass is 10.0. The van der Waals surface area contributed by atoms with Gasteiger partial charge in [0.2, 0.25) is 0 Å². The van der Waals surface area contributed by atoms with Crippen LogP contribution in [0.15, 0.2) is 0 Å². The van der Waals surface area contributed by atoms with Crippen LogP contribution in [0, 0.1) is 5.92 Å². The first kappa shape index (κ1) is 12.3. The van der Waals surface area contributed by atoms with Crippen LogP contribution < -0.4 is 0 Å². The molecule has 0 radical (unpaired) electrons. The Hall–Kier alpha value is -1.72. The smallest absolute Gasteiger partial charge is 0.314 e. The fraction of sp³-hybridized carbons (Fsp3) is 0.500. The Morgan fingerprint density at radius 2 is 1.71 bits per heavy atom. The van der Waals surface area contributed by atoms with E-state index in [0.29, 0.717) is 0 Å². The first-order valence-corrected chi connectivity index (χ1v) is 3.79. The largest absolute Gasteiger partial charge is 0.481 e. The average Bonchev–Trinajstić information content (AvgIpc) is 1.97. The van der Waals surface area contributed by atoms with Gasteiger partial charge in [0.25, 0.3) is 0 Å². The molecule has 0 aromatic carbocycles. The number of hydrogen-bond acceptors (Lipinski definition) is 5. The van der Waals surface area contributed by atoms with Crippen molar-refractivity contribution in [2.24, 2.45) is 5.92 Å². The highest BCUT2D eigenvalue weighted by molar-refractivity contribution is 6.00. The minimum atomic E-state index is -1.44. The van der Waals surface area contributed by atoms with Crippen LogP contribution in [0.1, 0.15) is 20.3 Å². The van der Waals surface area contributed by atoms with E-state index in [1.807, 2.05) is 0 Å². The van der Waals surface area contributed by atoms with Crippen LogP contribution >= 0.6 is 0 Å². The van der Waals surface area contributed by atoms with Gasteiger partial charge in [-0.2, -0.15) is 0 Å². The number of carbonyl (C=O) groups is 4. The van der Waals surface area contributed by atoms with E-state index in [1.165, 1.54) is 0 Å². The van der Waals surface area contributed by atoms with Crippen molar-refractivity contribution >= 4 is 23.7 Å². The standard InChI is InChI=1S/C8H10O6/c1-4(9)6(8(12)13)3-7(11)14-5(2)10/h6H,3H2,1-2H3,(H,12,13). The maximum Gasteiger partial charge on any atom is 0.314 e. The second kappa shape index (κ2) is 5.11. The Morgan fingerprint density at radius 1 is 1.21 bits per heavy atom. The van der Waals surface area contributed by atoms with Crippen molar-refractivity contribution in [1.82, 2.24) is 0 Å². The minimum absolute atomic E-state index is 0.621. The number of carbonyl (C=O) groups excluding carboxylic acids is 3. The summed E-state index contributed by atoms with van der Waals surface area (Å²) in [6, 6.07) is 0. The molecular weight excluding hydrogens is 192 g/mol. The van der Waals surface area contributed by atoms with E-state index in [-0.39, 0.29) is 0 Å². The number of esters is 2. The van der Waals surface area contributed by atoms with E-state index in [4.69, 9.17) is 5.11 Å². The summed E-state index contributed by atoms with van der Waals surface area (Å²) in [6.07, 6.45) is -0.621. The molecule has 0 heterocycles. The molecule has 6 heteroatoms. The van der Waals surface area contributed by atoms with Gasteiger partial charge >= 0.3 is 17.9 Å². The lowest BCUT2D eigenvalue weighted by Gasteiger charge is -2.06. The molecule has 1 unspecified atom stereocenters. The van der Waals surface area contributed by atoms with Gasteiger partial charge < -0.3 is 9.84 Å². The van der Waals surface area contributed by atoms with Crippen LogP contribution in [-0.4, -0.2) is 28.8 Å². The van der Waals surface area contributed by atoms with Crippen molar-refractivity contribution in [2.75, 3.05) is 0 Å². The zero-order chi connectivity index (χ0) is 11.3. The molecule has 78 valence electrons. The normalized spacial score (nSPS) is 11.6. The molecule has 6 nitrogen and oxygen atoms in total. The van der Waals surface area contributed by atoms with E-state index in [9.17, 15) is 19.2 Å². The van der Waals surface area contributed by atoms with Crippen LogP contribution in [0.25, 0.3) is 0 Å². The summed E-state index contributed by atoms with van der Waals surface area (Å²) < 4.78 is 4.09. The molecule has 0 aliphatic rings. The Kier molecular flexibility index (Phi) is 4.48. The van der Waals surface area contributed by atoms with E-state index in [1.54, 1.807) is 0 Å². The lowest BCUT2D eigenvalue weighted by Crippen LogP contribution is -2.26. The van der Waals surface area contributed by atoms with Gasteiger partial charge in [-0.15, -0.1) is 0 Å². The van der Waals surface area contributed by atoms with E-state index in [0.717, 1.165) is 13.8 Å². The van der Waals surface area contributed by atoms with Crippen LogP contribution in [0.5, 0.6) is 0 Å². The Morgan fingerprint density at radius 3 is 2.00 bits per heavy atom. The maximum absolute atomic E-state index is 10.8. The first-order valence-electron chi connectivity index (χ1n) is 3.79. The number of ether oxygens (including phenoxy) is 1. The third-order valence-corrected chi connectivity index (χ3v) is 1.42. The summed E-state index contributed by atoms with van der Waals surface area (Å²) in [4.78, 5) is 42.3. The van der Waals surface area contributed by atoms with E-state index >= 15 is 0 Å². The Balaban J connectivity index is 4.31. The van der Waals surface area contributed by atoms with E-state index < -0.39 is 36.0 Å². The van der Waals surface area contributed by atoms with Crippen molar-refractivity contribution in [3.63, 3.8) is 0 Å². The van der Waals surface area contributed by atoms with Crippen LogP contribution in [0.4, 0.5) is 0 Å². The second-order valence-corrected chi connectivity index (χ2v) is 2.67. The van der Waals surface area contributed by atoms with Gasteiger partial charge in [0.1, 0.15) is 11.7 Å². The Labute approximate surface area is 79.8 Å². The molecule has 0 bridgehead atoms. The van der Waals surface area contributed by atoms with Gasteiger partial charge in [0, 0.05) is 6.92 Å². The summed E-state index contributed by atoms with van der Waals surface area (Å²) in [6.45, 7) is 2.07. The van der Waals surface area contributed by atoms with Crippen LogP contribution in [-0.2, 0) is 23.9 Å². The third-order valence-electron chi connectivity index (χ3n) is 1.42. The number of carboxylic acid groups (broad SMARTS) is 1. The van der Waals surface area contributed by atoms with Crippen molar-refractivity contribution in [2.45, 2.75) is 20.3 Å². The zero-order valence-electron chi connectivity index (χ0n) is 7.77. The number of ketones is 1. The molecule has 1 atom stereocenters. The van der Waals surface area contributed by atoms with Gasteiger partial charge in [-0.1, -0.05) is 0 Å². The molecule has 0 aromatic rings. The molecule has 1 N–H and O–H groups in total. The molecule has 0 amide bonds. The summed E-state index contributed by atoms with van der Waals surface area (Å²) in [5.41, 5.74) is 0. The third kappa shape index (κ3) is 4.34. The van der Waals surface area contributed by atoms with E-state index in [2.05, 4.69) is 4.74 Å². The van der Waals surface area contributed by atoms with Crippen LogP contribution in [0.3, 0.4) is 0 Å². The molecule has 14 heavy (non-hydrogen) atoms. The quantitative estimate of drug-likeness (QED) is 0.498. The van der Waals surface area contributed by atoms with Crippen molar-refractivity contribution < 1.29 is 29.0 Å². The molecule has 0 aromatic heterocycles. The highest BCUT2D eigenvalue weighted by Crippen LogP contribution is 2.06. The first-order chi connectivity index (χ1) is 6.34. The maximum atomic E-state index is 10.8.